The molecule has 0 aromatic heterocycles. The van der Waals surface area contributed by atoms with Crippen LogP contribution in [-0.2, 0) is 23.1 Å². The number of carbonyl (C=O) groups is 1. The van der Waals surface area contributed by atoms with Gasteiger partial charge in [0.2, 0.25) is 0 Å². The highest BCUT2D eigenvalue weighted by atomic mass is 31.2. The van der Waals surface area contributed by atoms with E-state index < -0.39 is 19.7 Å². The lowest BCUT2D eigenvalue weighted by molar-refractivity contribution is -0.142. The maximum Gasteiger partial charge on any atom is 0.362 e. The maximum atomic E-state index is 13.1. The Labute approximate surface area is 128 Å². The van der Waals surface area contributed by atoms with Crippen molar-refractivity contribution >= 4 is 29.6 Å². The van der Waals surface area contributed by atoms with Crippen molar-refractivity contribution < 1.29 is 23.1 Å². The predicted molar refractivity (Wildman–Crippen MR) is 83.3 cm³/mol. The number of ether oxygens (including phenoxy) is 1. The van der Waals surface area contributed by atoms with Gasteiger partial charge in [0, 0.05) is 0 Å². The average Bonchev–Trinajstić information content (AvgIpc) is 2.80. The molecule has 0 amide bonds. The highest BCUT2D eigenvalue weighted by Gasteiger charge is 2.44. The number of hydrogen-bond acceptors (Lipinski definition) is 5. The van der Waals surface area contributed by atoms with Crippen LogP contribution in [0.5, 0.6) is 0 Å². The summed E-state index contributed by atoms with van der Waals surface area (Å²) in [4.78, 5) is 11.6. The van der Waals surface area contributed by atoms with Crippen LogP contribution >= 0.6 is 7.60 Å². The van der Waals surface area contributed by atoms with Crippen molar-refractivity contribution in [1.29, 1.82) is 0 Å². The first kappa shape index (κ1) is 15.2. The first-order valence-corrected chi connectivity index (χ1v) is 8.65. The number of hydrogen-bond donors (Lipinski definition) is 0. The first-order valence-electron chi connectivity index (χ1n) is 7.11. The molecule has 3 rings (SSSR count). The molecular formula is C16H17O5P. The Morgan fingerprint density at radius 3 is 2.77 bits per heavy atom. The second kappa shape index (κ2) is 5.84. The van der Waals surface area contributed by atoms with E-state index in [1.54, 1.807) is 6.92 Å². The van der Waals surface area contributed by atoms with Gasteiger partial charge in [-0.05, 0) is 23.3 Å². The van der Waals surface area contributed by atoms with E-state index in [9.17, 15) is 9.36 Å². The van der Waals surface area contributed by atoms with Gasteiger partial charge >= 0.3 is 13.6 Å². The van der Waals surface area contributed by atoms with Crippen LogP contribution < -0.4 is 5.30 Å². The third-order valence-electron chi connectivity index (χ3n) is 3.70. The molecule has 1 aliphatic rings. The summed E-state index contributed by atoms with van der Waals surface area (Å²) in [6, 6.07) is 11.4. The van der Waals surface area contributed by atoms with Gasteiger partial charge in [-0.25, -0.2) is 0 Å². The van der Waals surface area contributed by atoms with Gasteiger partial charge in [-0.2, -0.15) is 0 Å². The molecule has 0 aliphatic carbocycles. The minimum Gasteiger partial charge on any atom is -0.469 e. The number of fused-ring (bicyclic) bond motifs is 3. The molecule has 2 atom stereocenters. The van der Waals surface area contributed by atoms with Crippen LogP contribution in [0.4, 0.5) is 0 Å². The largest absolute Gasteiger partial charge is 0.469 e. The van der Waals surface area contributed by atoms with Crippen molar-refractivity contribution in [2.45, 2.75) is 19.4 Å². The van der Waals surface area contributed by atoms with Crippen LogP contribution in [0.15, 0.2) is 36.4 Å². The fourth-order valence-corrected chi connectivity index (χ4v) is 4.95. The number of esters is 1. The SMILES string of the molecule is CCOP1(=O)OC(CC(=O)OC)c2ccc3ccccc3c21. The zero-order valence-electron chi connectivity index (χ0n) is 12.4. The van der Waals surface area contributed by atoms with E-state index in [2.05, 4.69) is 0 Å². The normalized spacial score (nSPS) is 23.5. The standard InChI is InChI=1S/C16H17O5P/c1-3-20-22(18)16-12-7-5-4-6-11(12)8-9-13(16)14(21-22)10-15(17)19-2/h4-9,14H,3,10H2,1-2H3. The molecular weight excluding hydrogens is 303 g/mol. The Kier molecular flexibility index (Phi) is 4.04. The quantitative estimate of drug-likeness (QED) is 0.639. The van der Waals surface area contributed by atoms with Crippen molar-refractivity contribution in [3.8, 4) is 0 Å². The summed E-state index contributed by atoms with van der Waals surface area (Å²) in [6.45, 7) is 2.03. The molecule has 2 aromatic carbocycles. The van der Waals surface area contributed by atoms with Gasteiger partial charge < -0.3 is 9.26 Å². The molecule has 1 heterocycles. The molecule has 0 N–H and O–H groups in total. The predicted octanol–water partition coefficient (Wildman–Crippen LogP) is 3.33. The monoisotopic (exact) mass is 320 g/mol. The van der Waals surface area contributed by atoms with Crippen LogP contribution in [0, 0.1) is 0 Å². The van der Waals surface area contributed by atoms with E-state index in [1.807, 2.05) is 36.4 Å². The van der Waals surface area contributed by atoms with Crippen molar-refractivity contribution in [3.05, 3.63) is 42.0 Å². The van der Waals surface area contributed by atoms with E-state index in [0.717, 1.165) is 16.3 Å². The van der Waals surface area contributed by atoms with Crippen molar-refractivity contribution in [2.24, 2.45) is 0 Å². The molecule has 2 unspecified atom stereocenters. The molecule has 0 saturated carbocycles. The Morgan fingerprint density at radius 1 is 1.27 bits per heavy atom. The number of carbonyl (C=O) groups excluding carboxylic acids is 1. The number of methoxy groups -OCH3 is 1. The first-order chi connectivity index (χ1) is 10.6. The van der Waals surface area contributed by atoms with Gasteiger partial charge in [0.05, 0.1) is 25.4 Å². The Hall–Kier alpha value is -1.68. The van der Waals surface area contributed by atoms with E-state index in [0.29, 0.717) is 5.30 Å². The Bertz CT molecular complexity index is 770. The maximum absolute atomic E-state index is 13.1. The zero-order valence-corrected chi connectivity index (χ0v) is 13.3. The number of rotatable bonds is 4. The van der Waals surface area contributed by atoms with E-state index in [-0.39, 0.29) is 13.0 Å². The molecule has 116 valence electrons. The summed E-state index contributed by atoms with van der Waals surface area (Å²) < 4.78 is 29.0. The topological polar surface area (TPSA) is 61.8 Å². The highest BCUT2D eigenvalue weighted by molar-refractivity contribution is 7.63. The molecule has 1 aliphatic heterocycles. The third kappa shape index (κ3) is 2.45. The molecule has 2 aromatic rings. The highest BCUT2D eigenvalue weighted by Crippen LogP contribution is 2.59. The molecule has 5 nitrogen and oxygen atoms in total. The van der Waals surface area contributed by atoms with Gasteiger partial charge in [0.15, 0.2) is 0 Å². The van der Waals surface area contributed by atoms with E-state index in [4.69, 9.17) is 13.8 Å². The van der Waals surface area contributed by atoms with E-state index in [1.165, 1.54) is 7.11 Å². The fraction of sp³-hybridized carbons (Fsp3) is 0.312. The van der Waals surface area contributed by atoms with Crippen molar-refractivity contribution in [2.75, 3.05) is 13.7 Å². The molecule has 0 saturated heterocycles. The van der Waals surface area contributed by atoms with Gasteiger partial charge in [-0.3, -0.25) is 13.9 Å². The minimum absolute atomic E-state index is 0.0128. The summed E-state index contributed by atoms with van der Waals surface area (Å²) >= 11 is 0. The van der Waals surface area contributed by atoms with E-state index >= 15 is 0 Å². The van der Waals surface area contributed by atoms with Crippen LogP contribution in [0.25, 0.3) is 10.8 Å². The molecule has 0 bridgehead atoms. The van der Waals surface area contributed by atoms with Crippen LogP contribution in [0.2, 0.25) is 0 Å². The molecule has 22 heavy (non-hydrogen) atoms. The smallest absolute Gasteiger partial charge is 0.362 e. The molecule has 0 fully saturated rings. The second-order valence-corrected chi connectivity index (χ2v) is 6.93. The second-order valence-electron chi connectivity index (χ2n) is 5.01. The van der Waals surface area contributed by atoms with Crippen molar-refractivity contribution in [1.82, 2.24) is 0 Å². The number of benzene rings is 2. The summed E-state index contributed by atoms with van der Waals surface area (Å²) in [5.74, 6) is -0.408. The lowest BCUT2D eigenvalue weighted by atomic mass is 10.0. The van der Waals surface area contributed by atoms with Gasteiger partial charge in [-0.1, -0.05) is 36.4 Å². The van der Waals surface area contributed by atoms with Gasteiger partial charge in [0.1, 0.15) is 6.10 Å². The Morgan fingerprint density at radius 2 is 2.05 bits per heavy atom. The average molecular weight is 320 g/mol. The van der Waals surface area contributed by atoms with Gasteiger partial charge in [0.25, 0.3) is 0 Å². The molecule has 0 spiro atoms. The lowest BCUT2D eigenvalue weighted by Crippen LogP contribution is -2.10. The van der Waals surface area contributed by atoms with Crippen molar-refractivity contribution in [3.63, 3.8) is 0 Å². The minimum atomic E-state index is -3.44. The summed E-state index contributed by atoms with van der Waals surface area (Å²) in [5.41, 5.74) is 0.737. The molecule has 0 radical (unpaired) electrons. The lowest BCUT2D eigenvalue weighted by Gasteiger charge is -2.14. The summed E-state index contributed by atoms with van der Waals surface area (Å²) in [6.07, 6.45) is -0.594. The van der Waals surface area contributed by atoms with Crippen LogP contribution in [0.1, 0.15) is 25.0 Å². The summed E-state index contributed by atoms with van der Waals surface area (Å²) in [5, 5.41) is 2.37. The van der Waals surface area contributed by atoms with Crippen LogP contribution in [0.3, 0.4) is 0 Å². The fourth-order valence-electron chi connectivity index (χ4n) is 2.76. The Balaban J connectivity index is 2.17. The van der Waals surface area contributed by atoms with Crippen LogP contribution in [-0.4, -0.2) is 19.7 Å². The van der Waals surface area contributed by atoms with Gasteiger partial charge in [-0.15, -0.1) is 0 Å². The zero-order chi connectivity index (χ0) is 15.7. The third-order valence-corrected chi connectivity index (χ3v) is 5.87. The molecule has 6 heteroatoms. The summed E-state index contributed by atoms with van der Waals surface area (Å²) in [7, 11) is -2.12.